The minimum Gasteiger partial charge on any atom is -0.384 e. The standard InChI is InChI=1S/C29H39N7O4/c1-6-7-8-20(2)15-21(3)36-19-25(18-33-36)24-16-31-26(22(4)27(30)34-32-17-24)23-9-11-29(12-10-23,28(37)35-38)40-14-13-39-5/h6-8,15-19,23,34H,9-14,30H2,1-5H3/b7-6-,20-8-,21-15+,24-16?,27-22?,31-26?,32-17?. The van der Waals surface area contributed by atoms with Crippen molar-refractivity contribution >= 4 is 17.4 Å². The average Bonchev–Trinajstić information content (AvgIpc) is 3.47. The quantitative estimate of drug-likeness (QED) is 0.227. The highest BCUT2D eigenvalue weighted by Gasteiger charge is 2.44. The minimum absolute atomic E-state index is 0.00520. The van der Waals surface area contributed by atoms with Gasteiger partial charge in [-0.25, -0.2) is 4.68 Å². The first kappa shape index (κ1) is 30.6. The van der Waals surface area contributed by atoms with Gasteiger partial charge in [-0.15, -0.1) is 4.91 Å². The van der Waals surface area contributed by atoms with E-state index in [0.29, 0.717) is 38.1 Å². The molecular formula is C29H39N7O4. The van der Waals surface area contributed by atoms with Crippen LogP contribution >= 0.6 is 0 Å². The number of carbonyl (C=O) groups is 1. The molecule has 0 saturated heterocycles. The Morgan fingerprint density at radius 2 is 1.98 bits per heavy atom. The number of carbonyl (C=O) groups excluding carboxylic acids is 1. The van der Waals surface area contributed by atoms with Crippen molar-refractivity contribution < 1.29 is 14.3 Å². The molecule has 1 aliphatic rings. The van der Waals surface area contributed by atoms with Crippen LogP contribution in [0.25, 0.3) is 16.8 Å². The summed E-state index contributed by atoms with van der Waals surface area (Å²) in [4.78, 5) is 28.4. The number of aromatic nitrogens is 5. The van der Waals surface area contributed by atoms with Gasteiger partial charge in [-0.05, 0) is 65.0 Å². The molecule has 11 nitrogen and oxygen atoms in total. The Morgan fingerprint density at radius 3 is 2.65 bits per heavy atom. The number of allylic oxidation sites excluding steroid dienone is 6. The van der Waals surface area contributed by atoms with E-state index in [2.05, 4.69) is 26.5 Å². The Morgan fingerprint density at radius 1 is 1.23 bits per heavy atom. The van der Waals surface area contributed by atoms with Crippen LogP contribution in [-0.4, -0.2) is 56.8 Å². The van der Waals surface area contributed by atoms with E-state index < -0.39 is 11.5 Å². The Bertz CT molecular complexity index is 1330. The lowest BCUT2D eigenvalue weighted by atomic mass is 9.76. The van der Waals surface area contributed by atoms with Crippen LogP contribution in [0, 0.1) is 11.8 Å². The van der Waals surface area contributed by atoms with Gasteiger partial charge in [0.2, 0.25) is 0 Å². The molecule has 1 amide bonds. The first-order valence-electron chi connectivity index (χ1n) is 13.3. The second-order valence-corrected chi connectivity index (χ2v) is 9.91. The van der Waals surface area contributed by atoms with Gasteiger partial charge in [0.1, 0.15) is 5.82 Å². The lowest BCUT2D eigenvalue weighted by Gasteiger charge is -2.36. The Hall–Kier alpha value is -3.96. The molecule has 11 heteroatoms. The molecule has 0 atom stereocenters. The zero-order valence-electron chi connectivity index (χ0n) is 23.9. The van der Waals surface area contributed by atoms with Crippen LogP contribution in [0.2, 0.25) is 0 Å². The number of rotatable bonds is 10. The Kier molecular flexibility index (Phi) is 11.0. The van der Waals surface area contributed by atoms with Gasteiger partial charge in [-0.3, -0.25) is 14.9 Å². The topological polar surface area (TPSA) is 150 Å². The highest BCUT2D eigenvalue weighted by molar-refractivity contribution is 5.86. The van der Waals surface area contributed by atoms with Crippen molar-refractivity contribution in [2.45, 2.75) is 64.9 Å². The molecule has 40 heavy (non-hydrogen) atoms. The summed E-state index contributed by atoms with van der Waals surface area (Å²) in [5.41, 5.74) is 10.3. The van der Waals surface area contributed by atoms with E-state index in [9.17, 15) is 9.70 Å². The summed E-state index contributed by atoms with van der Waals surface area (Å²) in [6.07, 6.45) is 17.0. The number of amides is 1. The van der Waals surface area contributed by atoms with Crippen LogP contribution < -0.4 is 5.73 Å². The number of nitroso groups, excluding NO2 is 1. The van der Waals surface area contributed by atoms with Gasteiger partial charge in [0, 0.05) is 58.7 Å². The Balaban J connectivity index is 1.92. The smallest absolute Gasteiger partial charge is 0.317 e. The third-order valence-electron chi connectivity index (χ3n) is 7.10. The predicted octanol–water partition coefficient (Wildman–Crippen LogP) is 5.42. The van der Waals surface area contributed by atoms with E-state index in [1.54, 1.807) is 25.7 Å². The summed E-state index contributed by atoms with van der Waals surface area (Å²) in [5, 5.41) is 14.4. The summed E-state index contributed by atoms with van der Waals surface area (Å²) in [5.74, 6) is -0.396. The molecule has 0 aliphatic heterocycles. The van der Waals surface area contributed by atoms with E-state index in [0.717, 1.165) is 33.7 Å². The van der Waals surface area contributed by atoms with Crippen molar-refractivity contribution in [3.05, 3.63) is 70.8 Å². The number of H-pyrrole nitrogens is 1. The first-order chi connectivity index (χ1) is 19.2. The molecule has 1 fully saturated rings. The maximum Gasteiger partial charge on any atom is 0.317 e. The van der Waals surface area contributed by atoms with Crippen molar-refractivity contribution in [1.82, 2.24) is 25.0 Å². The van der Waals surface area contributed by atoms with Crippen LogP contribution in [0.4, 0.5) is 5.82 Å². The fourth-order valence-corrected chi connectivity index (χ4v) is 4.76. The third-order valence-corrected chi connectivity index (χ3v) is 7.10. The fourth-order valence-electron chi connectivity index (χ4n) is 4.76. The van der Waals surface area contributed by atoms with E-state index in [1.807, 2.05) is 56.8 Å². The number of hydrogen-bond acceptors (Lipinski definition) is 8. The number of methoxy groups -OCH3 is 1. The van der Waals surface area contributed by atoms with Gasteiger partial charge < -0.3 is 15.2 Å². The molecule has 3 N–H and O–H groups in total. The van der Waals surface area contributed by atoms with E-state index >= 15 is 0 Å². The van der Waals surface area contributed by atoms with Crippen molar-refractivity contribution in [3.8, 4) is 11.1 Å². The lowest BCUT2D eigenvalue weighted by Crippen LogP contribution is -2.44. The molecule has 0 radical (unpaired) electrons. The number of anilines is 1. The molecular weight excluding hydrogens is 510 g/mol. The van der Waals surface area contributed by atoms with Crippen molar-refractivity contribution in [2.75, 3.05) is 26.1 Å². The summed E-state index contributed by atoms with van der Waals surface area (Å²) in [6, 6.07) is 0. The van der Waals surface area contributed by atoms with Gasteiger partial charge in [-0.2, -0.15) is 10.2 Å². The monoisotopic (exact) mass is 549 g/mol. The third kappa shape index (κ3) is 7.57. The van der Waals surface area contributed by atoms with Crippen LogP contribution in [0.5, 0.6) is 0 Å². The number of nitrogens with one attached hydrogen (secondary N) is 1. The molecule has 0 unspecified atom stereocenters. The van der Waals surface area contributed by atoms with E-state index in [-0.39, 0.29) is 12.5 Å². The van der Waals surface area contributed by atoms with E-state index in [4.69, 9.17) is 20.2 Å². The number of nitrogens with two attached hydrogens (primary N) is 1. The van der Waals surface area contributed by atoms with Gasteiger partial charge in [0.05, 0.1) is 25.6 Å². The van der Waals surface area contributed by atoms with Gasteiger partial charge in [0.15, 0.2) is 5.60 Å². The van der Waals surface area contributed by atoms with Gasteiger partial charge >= 0.3 is 5.91 Å². The molecule has 3 rings (SSSR count). The molecule has 2 aromatic rings. The van der Waals surface area contributed by atoms with E-state index in [1.165, 1.54) is 0 Å². The van der Waals surface area contributed by atoms with Gasteiger partial charge in [0.25, 0.3) is 0 Å². The largest absolute Gasteiger partial charge is 0.384 e. The molecule has 2 heterocycles. The fraction of sp³-hybridized carbons (Fsp3) is 0.448. The van der Waals surface area contributed by atoms with Crippen molar-refractivity contribution in [3.63, 3.8) is 0 Å². The number of nitrogen functional groups attached to an aromatic ring is 1. The maximum absolute atomic E-state index is 12.4. The van der Waals surface area contributed by atoms with Gasteiger partial charge in [-0.1, -0.05) is 18.2 Å². The molecule has 214 valence electrons. The first-order valence-corrected chi connectivity index (χ1v) is 13.3. The zero-order valence-corrected chi connectivity index (χ0v) is 23.9. The van der Waals surface area contributed by atoms with Crippen LogP contribution in [0.15, 0.2) is 59.8 Å². The normalized spacial score (nSPS) is 20.0. The predicted molar refractivity (Wildman–Crippen MR) is 155 cm³/mol. The second kappa shape index (κ2) is 14.4. The molecule has 0 bridgehead atoms. The number of aromatic amines is 1. The summed E-state index contributed by atoms with van der Waals surface area (Å²) in [7, 11) is 1.55. The van der Waals surface area contributed by atoms with Crippen LogP contribution in [-0.2, 0) is 14.3 Å². The number of ether oxygens (including phenoxy) is 2. The second-order valence-electron chi connectivity index (χ2n) is 9.91. The summed E-state index contributed by atoms with van der Waals surface area (Å²) in [6.45, 7) is 8.42. The van der Waals surface area contributed by atoms with Crippen molar-refractivity contribution in [2.24, 2.45) is 5.18 Å². The molecule has 0 aromatic carbocycles. The average molecular weight is 550 g/mol. The molecule has 0 spiro atoms. The summed E-state index contributed by atoms with van der Waals surface area (Å²) < 4.78 is 12.7. The summed E-state index contributed by atoms with van der Waals surface area (Å²) >= 11 is 0. The molecule has 2 aromatic heterocycles. The SMILES string of the molecule is C\C=C/C=C(C)\C=C(/C)n1cc(-c2cn[nH]c(N)c(C)c(C3CCC(OCCOC)(C(=O)N=O)CC3)nc2)cn1. The number of hydrogen-bond donors (Lipinski definition) is 2. The highest BCUT2D eigenvalue weighted by atomic mass is 16.5. The zero-order chi connectivity index (χ0) is 29.1. The number of nitrogens with zero attached hydrogens (tertiary/aromatic N) is 5. The van der Waals surface area contributed by atoms with Crippen LogP contribution in [0.3, 0.4) is 0 Å². The van der Waals surface area contributed by atoms with Crippen molar-refractivity contribution in [1.29, 1.82) is 0 Å². The maximum atomic E-state index is 12.4. The van der Waals surface area contributed by atoms with Crippen LogP contribution in [0.1, 0.15) is 63.6 Å². The minimum atomic E-state index is -1.23. The molecule has 1 aliphatic carbocycles. The lowest BCUT2D eigenvalue weighted by molar-refractivity contribution is -0.151. The molecule has 1 saturated carbocycles. The highest BCUT2D eigenvalue weighted by Crippen LogP contribution is 2.41. The Labute approximate surface area is 234 Å².